The zero-order chi connectivity index (χ0) is 15.3. The number of unbranched alkanes of at least 4 members (excludes halogenated alkanes) is 7. The summed E-state index contributed by atoms with van der Waals surface area (Å²) in [5, 5.41) is 4.45. The van der Waals surface area contributed by atoms with Crippen LogP contribution in [0.5, 0.6) is 0 Å². The van der Waals surface area contributed by atoms with Gasteiger partial charge in [0.2, 0.25) is 0 Å². The quantitative estimate of drug-likeness (QED) is 0.467. The molecule has 0 aliphatic rings. The van der Waals surface area contributed by atoms with Crippen LogP contribution < -0.4 is 5.32 Å². The van der Waals surface area contributed by atoms with Crippen molar-refractivity contribution in [1.82, 2.24) is 5.32 Å². The molecule has 0 amide bonds. The third kappa shape index (κ3) is 9.92. The summed E-state index contributed by atoms with van der Waals surface area (Å²) in [6.45, 7) is 5.67. The normalized spacial score (nSPS) is 12.5. The standard InChI is InChI=1S/C19H32ClN/c1-3-4-5-6-7-8-9-10-14-21-17(2)15-18-12-11-13-19(20)16-18/h11-13,16-17,21H,3-10,14-15H2,1-2H3. The molecule has 0 radical (unpaired) electrons. The van der Waals surface area contributed by atoms with Crippen molar-refractivity contribution in [1.29, 1.82) is 0 Å². The highest BCUT2D eigenvalue weighted by molar-refractivity contribution is 6.30. The topological polar surface area (TPSA) is 12.0 Å². The van der Waals surface area contributed by atoms with Crippen LogP contribution in [0.1, 0.15) is 70.8 Å². The summed E-state index contributed by atoms with van der Waals surface area (Å²) in [5.41, 5.74) is 1.32. The van der Waals surface area contributed by atoms with E-state index >= 15 is 0 Å². The van der Waals surface area contributed by atoms with E-state index < -0.39 is 0 Å². The summed E-state index contributed by atoms with van der Waals surface area (Å²) in [5.74, 6) is 0. The van der Waals surface area contributed by atoms with Gasteiger partial charge in [-0.2, -0.15) is 0 Å². The summed E-state index contributed by atoms with van der Waals surface area (Å²) in [6, 6.07) is 8.70. The van der Waals surface area contributed by atoms with E-state index in [1.807, 2.05) is 12.1 Å². The molecule has 1 aromatic rings. The average molecular weight is 310 g/mol. The van der Waals surface area contributed by atoms with Crippen LogP contribution in [0.25, 0.3) is 0 Å². The Kier molecular flexibility index (Phi) is 10.6. The fourth-order valence-electron chi connectivity index (χ4n) is 2.70. The lowest BCUT2D eigenvalue weighted by Gasteiger charge is -2.14. The molecule has 0 fully saturated rings. The van der Waals surface area contributed by atoms with Gasteiger partial charge in [-0.1, -0.05) is 75.6 Å². The molecular weight excluding hydrogens is 278 g/mol. The number of nitrogens with one attached hydrogen (secondary N) is 1. The third-order valence-electron chi connectivity index (χ3n) is 3.95. The van der Waals surface area contributed by atoms with E-state index in [0.717, 1.165) is 18.0 Å². The second-order valence-electron chi connectivity index (χ2n) is 6.16. The third-order valence-corrected chi connectivity index (χ3v) is 4.19. The van der Waals surface area contributed by atoms with E-state index in [-0.39, 0.29) is 0 Å². The van der Waals surface area contributed by atoms with Crippen molar-refractivity contribution < 1.29 is 0 Å². The van der Waals surface area contributed by atoms with E-state index in [2.05, 4.69) is 31.3 Å². The Bertz CT molecular complexity index is 364. The zero-order valence-corrected chi connectivity index (χ0v) is 14.6. The van der Waals surface area contributed by atoms with Crippen LogP contribution in [0.3, 0.4) is 0 Å². The van der Waals surface area contributed by atoms with Crippen molar-refractivity contribution in [2.75, 3.05) is 6.54 Å². The van der Waals surface area contributed by atoms with E-state index in [0.29, 0.717) is 6.04 Å². The van der Waals surface area contributed by atoms with Crippen molar-refractivity contribution >= 4 is 11.6 Å². The Balaban J connectivity index is 1.97. The second-order valence-corrected chi connectivity index (χ2v) is 6.60. The molecule has 0 bridgehead atoms. The number of benzene rings is 1. The highest BCUT2D eigenvalue weighted by atomic mass is 35.5. The van der Waals surface area contributed by atoms with Gasteiger partial charge in [0, 0.05) is 11.1 Å². The minimum absolute atomic E-state index is 0.521. The maximum absolute atomic E-state index is 6.01. The Hall–Kier alpha value is -0.530. The highest BCUT2D eigenvalue weighted by Crippen LogP contribution is 2.12. The number of hydrogen-bond donors (Lipinski definition) is 1. The van der Waals surface area contributed by atoms with Gasteiger partial charge in [-0.05, 0) is 44.0 Å². The summed E-state index contributed by atoms with van der Waals surface area (Å²) in [4.78, 5) is 0. The predicted octanol–water partition coefficient (Wildman–Crippen LogP) is 6.00. The molecule has 0 aromatic heterocycles. The van der Waals surface area contributed by atoms with Crippen molar-refractivity contribution in [3.05, 3.63) is 34.9 Å². The largest absolute Gasteiger partial charge is 0.314 e. The summed E-state index contributed by atoms with van der Waals surface area (Å²) in [7, 11) is 0. The molecule has 120 valence electrons. The van der Waals surface area contributed by atoms with Crippen LogP contribution in [0.15, 0.2) is 24.3 Å². The molecule has 1 aromatic carbocycles. The average Bonchev–Trinajstić information content (AvgIpc) is 2.45. The predicted molar refractivity (Wildman–Crippen MR) is 95.2 cm³/mol. The van der Waals surface area contributed by atoms with Crippen molar-refractivity contribution in [3.8, 4) is 0 Å². The molecular formula is C19H32ClN. The number of rotatable bonds is 12. The van der Waals surface area contributed by atoms with Gasteiger partial charge in [0.25, 0.3) is 0 Å². The number of halogens is 1. The lowest BCUT2D eigenvalue weighted by molar-refractivity contribution is 0.508. The van der Waals surface area contributed by atoms with Crippen LogP contribution in [0.2, 0.25) is 5.02 Å². The zero-order valence-electron chi connectivity index (χ0n) is 13.8. The molecule has 21 heavy (non-hydrogen) atoms. The van der Waals surface area contributed by atoms with Gasteiger partial charge in [0.1, 0.15) is 0 Å². The molecule has 0 saturated carbocycles. The lowest BCUT2D eigenvalue weighted by Crippen LogP contribution is -2.28. The first-order valence-corrected chi connectivity index (χ1v) is 9.08. The van der Waals surface area contributed by atoms with Crippen LogP contribution >= 0.6 is 11.6 Å². The van der Waals surface area contributed by atoms with Gasteiger partial charge < -0.3 is 5.32 Å². The fourth-order valence-corrected chi connectivity index (χ4v) is 2.91. The Morgan fingerprint density at radius 2 is 1.67 bits per heavy atom. The highest BCUT2D eigenvalue weighted by Gasteiger charge is 2.03. The van der Waals surface area contributed by atoms with Crippen LogP contribution in [-0.2, 0) is 6.42 Å². The Morgan fingerprint density at radius 3 is 2.33 bits per heavy atom. The minimum Gasteiger partial charge on any atom is -0.314 e. The van der Waals surface area contributed by atoms with Gasteiger partial charge in [0.15, 0.2) is 0 Å². The smallest absolute Gasteiger partial charge is 0.0408 e. The SMILES string of the molecule is CCCCCCCCCCNC(C)Cc1cccc(Cl)c1. The summed E-state index contributed by atoms with van der Waals surface area (Å²) in [6.07, 6.45) is 12.1. The maximum Gasteiger partial charge on any atom is 0.0408 e. The van der Waals surface area contributed by atoms with E-state index in [4.69, 9.17) is 11.6 Å². The molecule has 0 aliphatic carbocycles. The second kappa shape index (κ2) is 12.1. The monoisotopic (exact) mass is 309 g/mol. The van der Waals surface area contributed by atoms with Crippen LogP contribution in [0, 0.1) is 0 Å². The van der Waals surface area contributed by atoms with Gasteiger partial charge in [0.05, 0.1) is 0 Å². The minimum atomic E-state index is 0.521. The Labute approximate surface area is 136 Å². The molecule has 0 spiro atoms. The van der Waals surface area contributed by atoms with Gasteiger partial charge in [-0.15, -0.1) is 0 Å². The van der Waals surface area contributed by atoms with E-state index in [9.17, 15) is 0 Å². The van der Waals surface area contributed by atoms with Gasteiger partial charge >= 0.3 is 0 Å². The molecule has 1 N–H and O–H groups in total. The summed E-state index contributed by atoms with van der Waals surface area (Å²) < 4.78 is 0. The number of hydrogen-bond acceptors (Lipinski definition) is 1. The Morgan fingerprint density at radius 1 is 1.00 bits per heavy atom. The molecule has 1 nitrogen and oxygen atoms in total. The first kappa shape index (κ1) is 18.5. The summed E-state index contributed by atoms with van der Waals surface area (Å²) >= 11 is 6.01. The van der Waals surface area contributed by atoms with E-state index in [1.54, 1.807) is 0 Å². The first-order valence-electron chi connectivity index (χ1n) is 8.70. The van der Waals surface area contributed by atoms with Crippen LogP contribution in [0.4, 0.5) is 0 Å². The lowest BCUT2D eigenvalue weighted by atomic mass is 10.1. The molecule has 1 rings (SSSR count). The van der Waals surface area contributed by atoms with E-state index in [1.165, 1.54) is 56.9 Å². The molecule has 1 atom stereocenters. The molecule has 0 heterocycles. The molecule has 1 unspecified atom stereocenters. The molecule has 0 aliphatic heterocycles. The van der Waals surface area contributed by atoms with Gasteiger partial charge in [-0.25, -0.2) is 0 Å². The first-order chi connectivity index (χ1) is 10.2. The van der Waals surface area contributed by atoms with Crippen LogP contribution in [-0.4, -0.2) is 12.6 Å². The maximum atomic E-state index is 6.01. The van der Waals surface area contributed by atoms with Crippen molar-refractivity contribution in [2.24, 2.45) is 0 Å². The van der Waals surface area contributed by atoms with Crippen molar-refractivity contribution in [3.63, 3.8) is 0 Å². The molecule has 0 saturated heterocycles. The van der Waals surface area contributed by atoms with Crippen molar-refractivity contribution in [2.45, 2.75) is 77.7 Å². The molecule has 2 heteroatoms. The van der Waals surface area contributed by atoms with Gasteiger partial charge in [-0.3, -0.25) is 0 Å². The fraction of sp³-hybridized carbons (Fsp3) is 0.684.